The van der Waals surface area contributed by atoms with Gasteiger partial charge in [-0.05, 0) is 38.0 Å². The van der Waals surface area contributed by atoms with E-state index in [1.807, 2.05) is 0 Å². The Morgan fingerprint density at radius 1 is 1.00 bits per heavy atom. The molecule has 0 fully saturated rings. The molecule has 0 spiro atoms. The quantitative estimate of drug-likeness (QED) is 0.646. The van der Waals surface area contributed by atoms with Crippen molar-refractivity contribution in [2.24, 2.45) is 11.8 Å². The second-order valence-electron chi connectivity index (χ2n) is 4.64. The van der Waals surface area contributed by atoms with Crippen LogP contribution in [0.25, 0.3) is 0 Å². The molecule has 1 unspecified atom stereocenters. The van der Waals surface area contributed by atoms with E-state index in [1.54, 1.807) is 0 Å². The smallest absolute Gasteiger partial charge is 0.00189 e. The van der Waals surface area contributed by atoms with Gasteiger partial charge in [0.1, 0.15) is 0 Å². The minimum Gasteiger partial charge on any atom is -0.316 e. The zero-order chi connectivity index (χ0) is 11.0. The lowest BCUT2D eigenvalue weighted by atomic mass is 10.1. The van der Waals surface area contributed by atoms with Crippen LogP contribution in [-0.4, -0.2) is 37.6 Å². The number of hydrogen-bond acceptors (Lipinski definition) is 2. The average Bonchev–Trinajstić information content (AvgIpc) is 2.13. The summed E-state index contributed by atoms with van der Waals surface area (Å²) in [5, 5.41) is 3.51. The van der Waals surface area contributed by atoms with Crippen LogP contribution in [0.5, 0.6) is 0 Å². The highest BCUT2D eigenvalue weighted by atomic mass is 15.1. The molecule has 0 aromatic rings. The summed E-state index contributed by atoms with van der Waals surface area (Å²) in [5.74, 6) is 1.52. The van der Waals surface area contributed by atoms with Crippen molar-refractivity contribution in [1.29, 1.82) is 0 Å². The molecule has 0 radical (unpaired) electrons. The van der Waals surface area contributed by atoms with Crippen molar-refractivity contribution in [1.82, 2.24) is 10.2 Å². The van der Waals surface area contributed by atoms with E-state index in [4.69, 9.17) is 0 Å². The van der Waals surface area contributed by atoms with E-state index < -0.39 is 0 Å². The molecule has 1 N–H and O–H groups in total. The molecule has 2 heteroatoms. The van der Waals surface area contributed by atoms with Gasteiger partial charge in [-0.1, -0.05) is 34.6 Å². The van der Waals surface area contributed by atoms with Crippen LogP contribution in [0.15, 0.2) is 0 Å². The van der Waals surface area contributed by atoms with Gasteiger partial charge in [0.2, 0.25) is 0 Å². The Labute approximate surface area is 90.1 Å². The second-order valence-corrected chi connectivity index (χ2v) is 4.64. The van der Waals surface area contributed by atoms with Crippen molar-refractivity contribution >= 4 is 0 Å². The lowest BCUT2D eigenvalue weighted by Crippen LogP contribution is -2.34. The Balaban J connectivity index is 3.48. The van der Waals surface area contributed by atoms with Gasteiger partial charge in [0.15, 0.2) is 0 Å². The third-order valence-electron chi connectivity index (χ3n) is 2.51. The minimum atomic E-state index is 0.758. The van der Waals surface area contributed by atoms with Gasteiger partial charge < -0.3 is 10.2 Å². The van der Waals surface area contributed by atoms with E-state index in [-0.39, 0.29) is 0 Å². The van der Waals surface area contributed by atoms with Gasteiger partial charge in [0, 0.05) is 6.54 Å². The predicted octanol–water partition coefficient (Wildman–Crippen LogP) is 2.21. The molecule has 0 aromatic heterocycles. The molecule has 0 aliphatic carbocycles. The second kappa shape index (κ2) is 8.25. The van der Waals surface area contributed by atoms with Crippen LogP contribution < -0.4 is 5.32 Å². The zero-order valence-electron chi connectivity index (χ0n) is 10.6. The van der Waals surface area contributed by atoms with Crippen LogP contribution in [-0.2, 0) is 0 Å². The van der Waals surface area contributed by atoms with Gasteiger partial charge in [-0.3, -0.25) is 0 Å². The van der Waals surface area contributed by atoms with E-state index in [0.717, 1.165) is 24.9 Å². The molecule has 0 rings (SSSR count). The third kappa shape index (κ3) is 7.34. The summed E-state index contributed by atoms with van der Waals surface area (Å²) < 4.78 is 0. The van der Waals surface area contributed by atoms with Crippen molar-refractivity contribution < 1.29 is 0 Å². The predicted molar refractivity (Wildman–Crippen MR) is 64.7 cm³/mol. The summed E-state index contributed by atoms with van der Waals surface area (Å²) >= 11 is 0. The first kappa shape index (κ1) is 13.9. The molecule has 14 heavy (non-hydrogen) atoms. The van der Waals surface area contributed by atoms with Gasteiger partial charge >= 0.3 is 0 Å². The van der Waals surface area contributed by atoms with Gasteiger partial charge in [0.05, 0.1) is 0 Å². The summed E-state index contributed by atoms with van der Waals surface area (Å²) in [6.07, 6.45) is 0. The zero-order valence-corrected chi connectivity index (χ0v) is 10.6. The maximum Gasteiger partial charge on any atom is 0.00189 e. The molecular weight excluding hydrogens is 172 g/mol. The Hall–Kier alpha value is -0.0800. The minimum absolute atomic E-state index is 0.758. The Bertz CT molecular complexity index is 119. The Kier molecular flexibility index (Phi) is 8.20. The average molecular weight is 200 g/mol. The van der Waals surface area contributed by atoms with Crippen molar-refractivity contribution in [2.75, 3.05) is 32.7 Å². The van der Waals surface area contributed by atoms with E-state index in [9.17, 15) is 0 Å². The highest BCUT2D eigenvalue weighted by Gasteiger charge is 2.06. The summed E-state index contributed by atoms with van der Waals surface area (Å²) in [6.45, 7) is 17.1. The van der Waals surface area contributed by atoms with E-state index in [2.05, 4.69) is 44.8 Å². The molecular formula is C12H28N2. The molecule has 2 nitrogen and oxygen atoms in total. The van der Waals surface area contributed by atoms with E-state index in [0.29, 0.717) is 0 Å². The summed E-state index contributed by atoms with van der Waals surface area (Å²) in [7, 11) is 0. The van der Waals surface area contributed by atoms with Crippen LogP contribution in [0.2, 0.25) is 0 Å². The molecule has 0 aromatic carbocycles. The van der Waals surface area contributed by atoms with E-state index in [1.165, 1.54) is 19.6 Å². The lowest BCUT2D eigenvalue weighted by molar-refractivity contribution is 0.256. The largest absolute Gasteiger partial charge is 0.316 e. The van der Waals surface area contributed by atoms with Crippen LogP contribution >= 0.6 is 0 Å². The van der Waals surface area contributed by atoms with Gasteiger partial charge in [-0.25, -0.2) is 0 Å². The fourth-order valence-electron chi connectivity index (χ4n) is 1.61. The first-order valence-electron chi connectivity index (χ1n) is 6.03. The number of hydrogen-bond donors (Lipinski definition) is 1. The number of rotatable bonds is 8. The first-order valence-corrected chi connectivity index (χ1v) is 6.03. The lowest BCUT2D eigenvalue weighted by Gasteiger charge is -2.23. The summed E-state index contributed by atoms with van der Waals surface area (Å²) in [4.78, 5) is 2.49. The maximum absolute atomic E-state index is 3.51. The van der Waals surface area contributed by atoms with Gasteiger partial charge in [-0.2, -0.15) is 0 Å². The third-order valence-corrected chi connectivity index (χ3v) is 2.51. The molecule has 0 aliphatic heterocycles. The van der Waals surface area contributed by atoms with Crippen LogP contribution in [0.1, 0.15) is 34.6 Å². The first-order chi connectivity index (χ1) is 6.60. The Morgan fingerprint density at radius 2 is 1.57 bits per heavy atom. The molecule has 0 amide bonds. The Morgan fingerprint density at radius 3 is 2.00 bits per heavy atom. The topological polar surface area (TPSA) is 15.3 Å². The highest BCUT2D eigenvalue weighted by Crippen LogP contribution is 1.98. The highest BCUT2D eigenvalue weighted by molar-refractivity contribution is 4.63. The molecule has 0 saturated carbocycles. The normalized spacial score (nSPS) is 13.9. The molecule has 0 heterocycles. The standard InChI is InChI=1S/C12H28N2/c1-6-14(7-2)10-12(5)9-13-8-11(3)4/h11-13H,6-10H2,1-5H3. The van der Waals surface area contributed by atoms with Crippen molar-refractivity contribution in [2.45, 2.75) is 34.6 Å². The number of nitrogens with one attached hydrogen (secondary N) is 1. The van der Waals surface area contributed by atoms with E-state index >= 15 is 0 Å². The van der Waals surface area contributed by atoms with Crippen molar-refractivity contribution in [3.05, 3.63) is 0 Å². The molecule has 86 valence electrons. The van der Waals surface area contributed by atoms with Crippen LogP contribution in [0, 0.1) is 11.8 Å². The molecule has 0 aliphatic rings. The van der Waals surface area contributed by atoms with Crippen molar-refractivity contribution in [3.63, 3.8) is 0 Å². The fourth-order valence-corrected chi connectivity index (χ4v) is 1.61. The van der Waals surface area contributed by atoms with Gasteiger partial charge in [-0.15, -0.1) is 0 Å². The van der Waals surface area contributed by atoms with Crippen LogP contribution in [0.3, 0.4) is 0 Å². The molecule has 1 atom stereocenters. The van der Waals surface area contributed by atoms with Gasteiger partial charge in [0.25, 0.3) is 0 Å². The van der Waals surface area contributed by atoms with Crippen molar-refractivity contribution in [3.8, 4) is 0 Å². The van der Waals surface area contributed by atoms with Crippen LogP contribution in [0.4, 0.5) is 0 Å². The maximum atomic E-state index is 3.51. The fraction of sp³-hybridized carbons (Fsp3) is 1.00. The number of nitrogens with zero attached hydrogens (tertiary/aromatic N) is 1. The monoisotopic (exact) mass is 200 g/mol. The summed E-state index contributed by atoms with van der Waals surface area (Å²) in [5.41, 5.74) is 0. The SMILES string of the molecule is CCN(CC)CC(C)CNCC(C)C. The molecule has 0 bridgehead atoms. The summed E-state index contributed by atoms with van der Waals surface area (Å²) in [6, 6.07) is 0. The molecule has 0 saturated heterocycles.